The number of rotatable bonds is 4. The minimum atomic E-state index is -0.917. The smallest absolute Gasteiger partial charge is 0.265 e. The average molecular weight is 332 g/mol. The minimum Gasteiger partial charge on any atom is -0.389 e. The molecule has 0 aliphatic heterocycles. The number of aromatic nitrogens is 1. The van der Waals surface area contributed by atoms with Crippen LogP contribution in [0.15, 0.2) is 18.2 Å². The molecule has 0 spiro atoms. The molecule has 1 amide bonds. The molecule has 1 heterocycles. The molecule has 0 saturated carbocycles. The van der Waals surface area contributed by atoms with Crippen LogP contribution in [0.5, 0.6) is 0 Å². The van der Waals surface area contributed by atoms with Crippen LogP contribution in [0.3, 0.4) is 0 Å². The highest BCUT2D eigenvalue weighted by molar-refractivity contribution is 7.17. The van der Waals surface area contributed by atoms with Crippen molar-refractivity contribution in [1.82, 2.24) is 9.88 Å². The number of hydrogen-bond donors (Lipinski definition) is 1. The molecule has 1 N–H and O–H groups in total. The first kappa shape index (κ1) is 17.6. The summed E-state index contributed by atoms with van der Waals surface area (Å²) in [4.78, 5) is 19.4. The van der Waals surface area contributed by atoms with Crippen molar-refractivity contribution in [1.29, 1.82) is 0 Å². The van der Waals surface area contributed by atoms with Gasteiger partial charge >= 0.3 is 0 Å². The molecule has 0 bridgehead atoms. The molecular formula is C18H24N2O2S. The lowest BCUT2D eigenvalue weighted by molar-refractivity contribution is 0.0370. The van der Waals surface area contributed by atoms with E-state index in [0.717, 1.165) is 21.8 Å². The Kier molecular flexibility index (Phi) is 4.92. The SMILES string of the molecule is Cc1ccc(-c2nc(C)c(C(=O)N(C)CC(C)(C)O)s2)c(C)c1. The molecule has 0 unspecified atom stereocenters. The van der Waals surface area contributed by atoms with Crippen molar-refractivity contribution >= 4 is 17.2 Å². The van der Waals surface area contributed by atoms with Crippen LogP contribution in [0.25, 0.3) is 10.6 Å². The molecule has 4 nitrogen and oxygen atoms in total. The van der Waals surface area contributed by atoms with Gasteiger partial charge in [-0.15, -0.1) is 11.3 Å². The molecule has 23 heavy (non-hydrogen) atoms. The molecule has 2 rings (SSSR count). The number of hydrogen-bond acceptors (Lipinski definition) is 4. The van der Waals surface area contributed by atoms with Crippen LogP contribution in [0.2, 0.25) is 0 Å². The van der Waals surface area contributed by atoms with Gasteiger partial charge in [0.2, 0.25) is 0 Å². The first-order valence-electron chi connectivity index (χ1n) is 7.61. The van der Waals surface area contributed by atoms with Crippen LogP contribution in [-0.4, -0.2) is 40.1 Å². The number of nitrogens with zero attached hydrogens (tertiary/aromatic N) is 2. The predicted octanol–water partition coefficient (Wildman–Crippen LogP) is 3.58. The molecule has 0 aliphatic rings. The lowest BCUT2D eigenvalue weighted by Gasteiger charge is -2.25. The topological polar surface area (TPSA) is 53.4 Å². The van der Waals surface area contributed by atoms with Crippen LogP contribution in [0, 0.1) is 20.8 Å². The second kappa shape index (κ2) is 6.42. The lowest BCUT2D eigenvalue weighted by atomic mass is 10.1. The number of carbonyl (C=O) groups excluding carboxylic acids is 1. The third kappa shape index (κ3) is 4.18. The van der Waals surface area contributed by atoms with E-state index < -0.39 is 5.60 Å². The molecule has 124 valence electrons. The lowest BCUT2D eigenvalue weighted by Crippen LogP contribution is -2.39. The summed E-state index contributed by atoms with van der Waals surface area (Å²) in [6.07, 6.45) is 0. The highest BCUT2D eigenvalue weighted by Crippen LogP contribution is 2.31. The van der Waals surface area contributed by atoms with E-state index in [2.05, 4.69) is 37.0 Å². The average Bonchev–Trinajstić information content (AvgIpc) is 2.77. The summed E-state index contributed by atoms with van der Waals surface area (Å²) in [6.45, 7) is 9.64. The van der Waals surface area contributed by atoms with E-state index in [1.807, 2.05) is 6.92 Å². The maximum absolute atomic E-state index is 12.6. The Morgan fingerprint density at radius 1 is 1.30 bits per heavy atom. The molecule has 1 aromatic carbocycles. The quantitative estimate of drug-likeness (QED) is 0.931. The standard InChI is InChI=1S/C18H24N2O2S/c1-11-7-8-14(12(2)9-11)16-19-13(3)15(23-16)17(21)20(6)10-18(4,5)22/h7-9,22H,10H2,1-6H3. The zero-order valence-electron chi connectivity index (χ0n) is 14.6. The van der Waals surface area contributed by atoms with Gasteiger partial charge in [0.1, 0.15) is 9.88 Å². The second-order valence-corrected chi connectivity index (χ2v) is 7.72. The van der Waals surface area contributed by atoms with Crippen molar-refractivity contribution in [2.24, 2.45) is 0 Å². The first-order chi connectivity index (χ1) is 10.6. The van der Waals surface area contributed by atoms with Gasteiger partial charge in [0.05, 0.1) is 11.3 Å². The minimum absolute atomic E-state index is 0.0989. The summed E-state index contributed by atoms with van der Waals surface area (Å²) < 4.78 is 0. The van der Waals surface area contributed by atoms with Gasteiger partial charge in [-0.2, -0.15) is 0 Å². The van der Waals surface area contributed by atoms with Crippen molar-refractivity contribution in [2.45, 2.75) is 40.2 Å². The summed E-state index contributed by atoms with van der Waals surface area (Å²) >= 11 is 1.41. The molecule has 2 aromatic rings. The highest BCUT2D eigenvalue weighted by Gasteiger charge is 2.24. The first-order valence-corrected chi connectivity index (χ1v) is 8.43. The normalized spacial score (nSPS) is 11.6. The predicted molar refractivity (Wildman–Crippen MR) is 95.0 cm³/mol. The maximum Gasteiger partial charge on any atom is 0.265 e. The highest BCUT2D eigenvalue weighted by atomic mass is 32.1. The number of aryl methyl sites for hydroxylation is 3. The Hall–Kier alpha value is -1.72. The number of thiazole rings is 1. The molecule has 0 radical (unpaired) electrons. The van der Waals surface area contributed by atoms with Crippen molar-refractivity contribution < 1.29 is 9.90 Å². The van der Waals surface area contributed by atoms with Gasteiger partial charge in [-0.25, -0.2) is 4.98 Å². The fourth-order valence-corrected chi connectivity index (χ4v) is 3.74. The summed E-state index contributed by atoms with van der Waals surface area (Å²) in [5, 5.41) is 10.8. The molecule has 1 aromatic heterocycles. The Bertz CT molecular complexity index is 729. The van der Waals surface area contributed by atoms with Gasteiger partial charge < -0.3 is 10.0 Å². The van der Waals surface area contributed by atoms with E-state index in [-0.39, 0.29) is 12.5 Å². The van der Waals surface area contributed by atoms with Crippen LogP contribution >= 0.6 is 11.3 Å². The van der Waals surface area contributed by atoms with Crippen molar-refractivity contribution in [3.8, 4) is 10.6 Å². The van der Waals surface area contributed by atoms with Crippen molar-refractivity contribution in [2.75, 3.05) is 13.6 Å². The molecule has 0 aliphatic carbocycles. The summed E-state index contributed by atoms with van der Waals surface area (Å²) in [5.74, 6) is -0.0989. The monoisotopic (exact) mass is 332 g/mol. The third-order valence-electron chi connectivity index (χ3n) is 3.57. The largest absolute Gasteiger partial charge is 0.389 e. The molecule has 5 heteroatoms. The number of amides is 1. The van der Waals surface area contributed by atoms with Crippen LogP contribution in [0.1, 0.15) is 40.3 Å². The Labute approximate surface area is 141 Å². The van der Waals surface area contributed by atoms with Crippen LogP contribution < -0.4 is 0 Å². The zero-order valence-corrected chi connectivity index (χ0v) is 15.4. The zero-order chi connectivity index (χ0) is 17.4. The Morgan fingerprint density at radius 3 is 2.52 bits per heavy atom. The van der Waals surface area contributed by atoms with Crippen molar-refractivity contribution in [3.63, 3.8) is 0 Å². The number of benzene rings is 1. The van der Waals surface area contributed by atoms with Gasteiger partial charge in [-0.1, -0.05) is 23.8 Å². The summed E-state index contributed by atoms with van der Waals surface area (Å²) in [5.41, 5.74) is 3.24. The van der Waals surface area contributed by atoms with Gasteiger partial charge in [0.15, 0.2) is 0 Å². The number of carbonyl (C=O) groups is 1. The van der Waals surface area contributed by atoms with E-state index in [0.29, 0.717) is 4.88 Å². The number of likely N-dealkylation sites (N-methyl/N-ethyl adjacent to an activating group) is 1. The molecule has 0 fully saturated rings. The van der Waals surface area contributed by atoms with Crippen molar-refractivity contribution in [3.05, 3.63) is 39.9 Å². The fraction of sp³-hybridized carbons (Fsp3) is 0.444. The van der Waals surface area contributed by atoms with E-state index in [1.54, 1.807) is 25.8 Å². The van der Waals surface area contributed by atoms with E-state index in [1.165, 1.54) is 16.9 Å². The van der Waals surface area contributed by atoms with Gasteiger partial charge in [0, 0.05) is 19.2 Å². The van der Waals surface area contributed by atoms with E-state index in [9.17, 15) is 9.90 Å². The second-order valence-electron chi connectivity index (χ2n) is 6.73. The maximum atomic E-state index is 12.6. The molecular weight excluding hydrogens is 308 g/mol. The molecule has 0 saturated heterocycles. The number of aliphatic hydroxyl groups is 1. The van der Waals surface area contributed by atoms with Gasteiger partial charge in [-0.05, 0) is 40.2 Å². The summed E-state index contributed by atoms with van der Waals surface area (Å²) in [7, 11) is 1.70. The van der Waals surface area contributed by atoms with E-state index in [4.69, 9.17) is 0 Å². The van der Waals surface area contributed by atoms with Crippen LogP contribution in [0.4, 0.5) is 0 Å². The Morgan fingerprint density at radius 2 is 1.96 bits per heavy atom. The van der Waals surface area contributed by atoms with Gasteiger partial charge in [0.25, 0.3) is 5.91 Å². The fourth-order valence-electron chi connectivity index (χ4n) is 2.59. The van der Waals surface area contributed by atoms with E-state index >= 15 is 0 Å². The van der Waals surface area contributed by atoms with Gasteiger partial charge in [-0.3, -0.25) is 4.79 Å². The molecule has 0 atom stereocenters. The Balaban J connectivity index is 2.32. The third-order valence-corrected chi connectivity index (χ3v) is 4.75. The van der Waals surface area contributed by atoms with Crippen LogP contribution in [-0.2, 0) is 0 Å². The summed E-state index contributed by atoms with van der Waals surface area (Å²) in [6, 6.07) is 6.23.